The first-order valence-electron chi connectivity index (χ1n) is 8.12. The lowest BCUT2D eigenvalue weighted by Gasteiger charge is -2.35. The summed E-state index contributed by atoms with van der Waals surface area (Å²) in [5.74, 6) is 0.296. The van der Waals surface area contributed by atoms with E-state index in [9.17, 15) is 9.90 Å². The molecule has 4 rings (SSSR count). The lowest BCUT2D eigenvalue weighted by molar-refractivity contribution is 0.0702. The monoisotopic (exact) mass is 365 g/mol. The number of para-hydroxylation sites is 1. The highest BCUT2D eigenvalue weighted by atomic mass is 35.5. The third-order valence-electron chi connectivity index (χ3n) is 4.62. The Balaban J connectivity index is 2.00. The van der Waals surface area contributed by atoms with Crippen LogP contribution in [0.15, 0.2) is 72.8 Å². The van der Waals surface area contributed by atoms with Gasteiger partial charge in [0.05, 0.1) is 7.11 Å². The Labute approximate surface area is 156 Å². The number of rotatable bonds is 3. The van der Waals surface area contributed by atoms with Gasteiger partial charge in [-0.05, 0) is 42.5 Å². The molecule has 0 aliphatic carbocycles. The summed E-state index contributed by atoms with van der Waals surface area (Å²) in [5, 5.41) is 12.4. The molecule has 1 aliphatic rings. The second-order valence-corrected chi connectivity index (χ2v) is 6.50. The van der Waals surface area contributed by atoms with Gasteiger partial charge in [-0.3, -0.25) is 9.69 Å². The Morgan fingerprint density at radius 1 is 1.00 bits per heavy atom. The largest absolute Gasteiger partial charge is 0.497 e. The van der Waals surface area contributed by atoms with Crippen LogP contribution in [0, 0.1) is 0 Å². The normalized spacial score (nSPS) is 18.7. The zero-order valence-electron chi connectivity index (χ0n) is 14.0. The number of methoxy groups -OCH3 is 1. The fraction of sp³-hybridized carbons (Fsp3) is 0.0952. The molecule has 0 saturated carbocycles. The molecule has 0 fully saturated rings. The molecule has 1 atom stereocenters. The van der Waals surface area contributed by atoms with Gasteiger partial charge in [-0.15, -0.1) is 0 Å². The molecule has 0 bridgehead atoms. The average molecular weight is 366 g/mol. The molecule has 0 aromatic heterocycles. The van der Waals surface area contributed by atoms with Crippen molar-refractivity contribution in [2.24, 2.45) is 0 Å². The van der Waals surface area contributed by atoms with Crippen molar-refractivity contribution in [1.29, 1.82) is 0 Å². The smallest absolute Gasteiger partial charge is 0.261 e. The molecule has 1 N–H and O–H groups in total. The predicted octanol–water partition coefficient (Wildman–Crippen LogP) is 4.20. The van der Waals surface area contributed by atoms with E-state index in [2.05, 4.69) is 0 Å². The summed E-state index contributed by atoms with van der Waals surface area (Å²) in [6.45, 7) is 0. The van der Waals surface area contributed by atoms with Gasteiger partial charge in [-0.1, -0.05) is 41.9 Å². The van der Waals surface area contributed by atoms with Crippen molar-refractivity contribution in [2.45, 2.75) is 5.72 Å². The van der Waals surface area contributed by atoms with Crippen LogP contribution in [-0.2, 0) is 5.72 Å². The van der Waals surface area contributed by atoms with E-state index < -0.39 is 5.72 Å². The fourth-order valence-corrected chi connectivity index (χ4v) is 3.49. The maximum Gasteiger partial charge on any atom is 0.261 e. The highest BCUT2D eigenvalue weighted by molar-refractivity contribution is 6.30. The molecule has 1 unspecified atom stereocenters. The van der Waals surface area contributed by atoms with Crippen LogP contribution < -0.4 is 9.64 Å². The van der Waals surface area contributed by atoms with Crippen LogP contribution in [0.1, 0.15) is 21.5 Å². The van der Waals surface area contributed by atoms with Gasteiger partial charge in [0.1, 0.15) is 5.75 Å². The molecule has 0 saturated heterocycles. The zero-order chi connectivity index (χ0) is 18.3. The number of halogens is 1. The van der Waals surface area contributed by atoms with Crippen molar-refractivity contribution >= 4 is 23.2 Å². The minimum atomic E-state index is -1.66. The Hall–Kier alpha value is -2.82. The lowest BCUT2D eigenvalue weighted by Crippen LogP contribution is -2.45. The van der Waals surface area contributed by atoms with Crippen molar-refractivity contribution in [3.63, 3.8) is 0 Å². The number of fused-ring (bicyclic) bond motifs is 1. The number of amides is 1. The third kappa shape index (κ3) is 2.38. The standard InChI is InChI=1S/C21H16ClNO3/c1-26-17-11-12-18-19(13-17)21(25,14-7-9-15(22)10-8-14)23(20(18)24)16-5-3-2-4-6-16/h2-13,25H,1H3. The number of aliphatic hydroxyl groups is 1. The Morgan fingerprint density at radius 2 is 1.69 bits per heavy atom. The Kier molecular flexibility index (Phi) is 3.94. The molecule has 1 heterocycles. The van der Waals surface area contributed by atoms with Crippen molar-refractivity contribution in [3.8, 4) is 5.75 Å². The van der Waals surface area contributed by atoms with E-state index >= 15 is 0 Å². The summed E-state index contributed by atoms with van der Waals surface area (Å²) in [4.78, 5) is 14.6. The fourth-order valence-electron chi connectivity index (χ4n) is 3.36. The minimum Gasteiger partial charge on any atom is -0.497 e. The molecule has 1 amide bonds. The number of benzene rings is 3. The summed E-state index contributed by atoms with van der Waals surface area (Å²) >= 11 is 6.01. The van der Waals surface area contributed by atoms with Crippen molar-refractivity contribution < 1.29 is 14.6 Å². The SMILES string of the molecule is COc1ccc2c(c1)C(O)(c1ccc(Cl)cc1)N(c1ccccc1)C2=O. The van der Waals surface area contributed by atoms with Gasteiger partial charge in [-0.25, -0.2) is 0 Å². The van der Waals surface area contributed by atoms with Crippen LogP contribution >= 0.6 is 11.6 Å². The van der Waals surface area contributed by atoms with Gasteiger partial charge in [0.15, 0.2) is 5.72 Å². The Morgan fingerprint density at radius 3 is 2.35 bits per heavy atom. The molecule has 130 valence electrons. The van der Waals surface area contributed by atoms with E-state index in [1.54, 1.807) is 61.7 Å². The van der Waals surface area contributed by atoms with Gasteiger partial charge < -0.3 is 9.84 Å². The van der Waals surface area contributed by atoms with Gasteiger partial charge in [0.25, 0.3) is 5.91 Å². The zero-order valence-corrected chi connectivity index (χ0v) is 14.8. The van der Waals surface area contributed by atoms with Crippen molar-refractivity contribution in [2.75, 3.05) is 12.0 Å². The maximum absolute atomic E-state index is 13.2. The maximum atomic E-state index is 13.2. The van der Waals surface area contributed by atoms with E-state index in [1.165, 1.54) is 4.90 Å². The topological polar surface area (TPSA) is 49.8 Å². The highest BCUT2D eigenvalue weighted by Gasteiger charge is 2.50. The number of ether oxygens (including phenoxy) is 1. The number of carbonyl (C=O) groups excluding carboxylic acids is 1. The van der Waals surface area contributed by atoms with Crippen LogP contribution in [0.4, 0.5) is 5.69 Å². The van der Waals surface area contributed by atoms with Crippen LogP contribution in [0.25, 0.3) is 0 Å². The van der Waals surface area contributed by atoms with Crippen molar-refractivity contribution in [3.05, 3.63) is 94.5 Å². The van der Waals surface area contributed by atoms with Crippen LogP contribution in [-0.4, -0.2) is 18.1 Å². The van der Waals surface area contributed by atoms with Gasteiger partial charge in [-0.2, -0.15) is 0 Å². The number of hydrogen-bond donors (Lipinski definition) is 1. The summed E-state index contributed by atoms with van der Waals surface area (Å²) in [6.07, 6.45) is 0. The summed E-state index contributed by atoms with van der Waals surface area (Å²) < 4.78 is 5.30. The third-order valence-corrected chi connectivity index (χ3v) is 4.87. The predicted molar refractivity (Wildman–Crippen MR) is 101 cm³/mol. The van der Waals surface area contributed by atoms with E-state index in [1.807, 2.05) is 18.2 Å². The van der Waals surface area contributed by atoms with Crippen molar-refractivity contribution in [1.82, 2.24) is 0 Å². The first-order valence-corrected chi connectivity index (χ1v) is 8.50. The summed E-state index contributed by atoms with van der Waals surface area (Å²) in [5.41, 5.74) is 0.406. The number of anilines is 1. The molecule has 3 aromatic carbocycles. The molecule has 3 aromatic rings. The van der Waals surface area contributed by atoms with E-state index in [4.69, 9.17) is 16.3 Å². The first-order chi connectivity index (χ1) is 12.6. The molecule has 1 aliphatic heterocycles. The first kappa shape index (κ1) is 16.6. The van der Waals surface area contributed by atoms with Gasteiger partial charge >= 0.3 is 0 Å². The lowest BCUT2D eigenvalue weighted by atomic mass is 9.93. The second-order valence-electron chi connectivity index (χ2n) is 6.07. The van der Waals surface area contributed by atoms with Crippen LogP contribution in [0.5, 0.6) is 5.75 Å². The minimum absolute atomic E-state index is 0.272. The molecule has 26 heavy (non-hydrogen) atoms. The van der Waals surface area contributed by atoms with Gasteiger partial charge in [0, 0.05) is 27.4 Å². The van der Waals surface area contributed by atoms with E-state index in [-0.39, 0.29) is 5.91 Å². The highest BCUT2D eigenvalue weighted by Crippen LogP contribution is 2.46. The van der Waals surface area contributed by atoms with E-state index in [0.29, 0.717) is 33.1 Å². The molecule has 0 radical (unpaired) electrons. The molecule has 4 nitrogen and oxygen atoms in total. The Bertz CT molecular complexity index is 972. The van der Waals surface area contributed by atoms with Gasteiger partial charge in [0.2, 0.25) is 0 Å². The van der Waals surface area contributed by atoms with Crippen LogP contribution in [0.2, 0.25) is 5.02 Å². The molecule has 0 spiro atoms. The molecular weight excluding hydrogens is 350 g/mol. The summed E-state index contributed by atoms with van der Waals surface area (Å²) in [7, 11) is 1.55. The number of nitrogens with zero attached hydrogens (tertiary/aromatic N) is 1. The second kappa shape index (κ2) is 6.16. The molecular formula is C21H16ClNO3. The quantitative estimate of drug-likeness (QED) is 0.756. The number of carbonyl (C=O) groups is 1. The average Bonchev–Trinajstić information content (AvgIpc) is 2.90. The summed E-state index contributed by atoms with van der Waals surface area (Å²) in [6, 6.07) is 21.0. The van der Waals surface area contributed by atoms with Crippen LogP contribution in [0.3, 0.4) is 0 Å². The molecule has 5 heteroatoms. The number of hydrogen-bond acceptors (Lipinski definition) is 3. The van der Waals surface area contributed by atoms with E-state index in [0.717, 1.165) is 0 Å².